The average Bonchev–Trinajstić information content (AvgIpc) is 2.39. The maximum Gasteiger partial charge on any atom is 0.137 e. The van der Waals surface area contributed by atoms with Crippen LogP contribution < -0.4 is 5.32 Å². The second-order valence-electron chi connectivity index (χ2n) is 4.57. The molecule has 0 aliphatic rings. The average molecular weight is 276 g/mol. The molecule has 1 atom stereocenters. The van der Waals surface area contributed by atoms with Gasteiger partial charge in [0.1, 0.15) is 17.3 Å². The summed E-state index contributed by atoms with van der Waals surface area (Å²) < 4.78 is 0. The molecule has 100 valence electrons. The predicted molar refractivity (Wildman–Crippen MR) is 79.6 cm³/mol. The molecular formula is C15H18ClN3. The third-order valence-corrected chi connectivity index (χ3v) is 3.58. The van der Waals surface area contributed by atoms with E-state index in [1.807, 2.05) is 19.1 Å². The minimum Gasteiger partial charge on any atom is -0.363 e. The normalized spacial score (nSPS) is 12.2. The van der Waals surface area contributed by atoms with Crippen LogP contribution >= 0.6 is 11.6 Å². The van der Waals surface area contributed by atoms with Crippen LogP contribution in [0.5, 0.6) is 0 Å². The molecule has 1 N–H and O–H groups in total. The fourth-order valence-corrected chi connectivity index (χ4v) is 2.45. The maximum absolute atomic E-state index is 6.10. The molecule has 1 unspecified atom stereocenters. The molecule has 2 rings (SSSR count). The monoisotopic (exact) mass is 275 g/mol. The van der Waals surface area contributed by atoms with Crippen molar-refractivity contribution in [2.24, 2.45) is 0 Å². The summed E-state index contributed by atoms with van der Waals surface area (Å²) in [6, 6.07) is 8.51. The number of aromatic nitrogens is 2. The van der Waals surface area contributed by atoms with Crippen LogP contribution in [0.3, 0.4) is 0 Å². The van der Waals surface area contributed by atoms with Gasteiger partial charge in [-0.25, -0.2) is 9.97 Å². The Labute approximate surface area is 119 Å². The molecule has 0 aliphatic carbocycles. The standard InChI is InChI=1S/C15H18ClN3/c1-4-12-14(16)17-9-18-15(12)19-11(3)13-8-6-5-7-10(13)2/h5-9,11H,4H2,1-3H3,(H,17,18,19). The maximum atomic E-state index is 6.10. The molecule has 19 heavy (non-hydrogen) atoms. The number of aryl methyl sites for hydroxylation is 1. The molecule has 3 nitrogen and oxygen atoms in total. The Balaban J connectivity index is 2.27. The fourth-order valence-electron chi connectivity index (χ4n) is 2.18. The van der Waals surface area contributed by atoms with Gasteiger partial charge < -0.3 is 5.32 Å². The molecule has 1 heterocycles. The summed E-state index contributed by atoms with van der Waals surface area (Å²) in [5, 5.41) is 3.95. The number of halogens is 1. The van der Waals surface area contributed by atoms with Gasteiger partial charge in [0.15, 0.2) is 0 Å². The van der Waals surface area contributed by atoms with E-state index in [0.717, 1.165) is 17.8 Å². The van der Waals surface area contributed by atoms with Gasteiger partial charge >= 0.3 is 0 Å². The van der Waals surface area contributed by atoms with Crippen molar-refractivity contribution in [3.05, 3.63) is 52.4 Å². The Morgan fingerprint density at radius 3 is 2.68 bits per heavy atom. The van der Waals surface area contributed by atoms with E-state index in [1.165, 1.54) is 17.5 Å². The lowest BCUT2D eigenvalue weighted by molar-refractivity contribution is 0.854. The van der Waals surface area contributed by atoms with Gasteiger partial charge in [0, 0.05) is 5.56 Å². The SMILES string of the molecule is CCc1c(Cl)ncnc1NC(C)c1ccccc1C. The second-order valence-corrected chi connectivity index (χ2v) is 4.93. The van der Waals surface area contributed by atoms with E-state index in [9.17, 15) is 0 Å². The lowest BCUT2D eigenvalue weighted by atomic mass is 10.0. The van der Waals surface area contributed by atoms with E-state index in [4.69, 9.17) is 11.6 Å². The van der Waals surface area contributed by atoms with Crippen molar-refractivity contribution < 1.29 is 0 Å². The van der Waals surface area contributed by atoms with Crippen LogP contribution in [-0.2, 0) is 6.42 Å². The first-order chi connectivity index (χ1) is 9.13. The van der Waals surface area contributed by atoms with Crippen molar-refractivity contribution in [1.82, 2.24) is 9.97 Å². The Hall–Kier alpha value is -1.61. The van der Waals surface area contributed by atoms with Gasteiger partial charge in [-0.2, -0.15) is 0 Å². The molecule has 0 saturated carbocycles. The number of hydrogen-bond donors (Lipinski definition) is 1. The van der Waals surface area contributed by atoms with E-state index in [0.29, 0.717) is 5.15 Å². The molecule has 0 bridgehead atoms. The van der Waals surface area contributed by atoms with Crippen molar-refractivity contribution in [3.8, 4) is 0 Å². The zero-order valence-corrected chi connectivity index (χ0v) is 12.2. The lowest BCUT2D eigenvalue weighted by Crippen LogP contribution is -2.11. The number of nitrogens with one attached hydrogen (secondary N) is 1. The molecule has 0 radical (unpaired) electrons. The highest BCUT2D eigenvalue weighted by molar-refractivity contribution is 6.30. The summed E-state index contributed by atoms with van der Waals surface area (Å²) >= 11 is 6.10. The molecule has 0 amide bonds. The van der Waals surface area contributed by atoms with Crippen LogP contribution in [0.15, 0.2) is 30.6 Å². The topological polar surface area (TPSA) is 37.8 Å². The first-order valence-corrected chi connectivity index (χ1v) is 6.82. The summed E-state index contributed by atoms with van der Waals surface area (Å²) in [6.07, 6.45) is 2.30. The quantitative estimate of drug-likeness (QED) is 0.851. The van der Waals surface area contributed by atoms with Gasteiger partial charge in [0.25, 0.3) is 0 Å². The summed E-state index contributed by atoms with van der Waals surface area (Å²) in [6.45, 7) is 6.28. The third-order valence-electron chi connectivity index (χ3n) is 3.25. The predicted octanol–water partition coefficient (Wildman–Crippen LogP) is 4.17. The third kappa shape index (κ3) is 3.04. The van der Waals surface area contributed by atoms with Crippen LogP contribution in [0.1, 0.15) is 36.6 Å². The largest absolute Gasteiger partial charge is 0.363 e. The number of hydrogen-bond acceptors (Lipinski definition) is 3. The van der Waals surface area contributed by atoms with Crippen molar-refractivity contribution in [3.63, 3.8) is 0 Å². The number of anilines is 1. The summed E-state index contributed by atoms with van der Waals surface area (Å²) in [7, 11) is 0. The highest BCUT2D eigenvalue weighted by Crippen LogP contribution is 2.25. The molecule has 0 spiro atoms. The molecule has 1 aromatic heterocycles. The second kappa shape index (κ2) is 6.02. The zero-order chi connectivity index (χ0) is 13.8. The Kier molecular flexibility index (Phi) is 4.38. The van der Waals surface area contributed by atoms with Gasteiger partial charge in [-0.3, -0.25) is 0 Å². The number of nitrogens with zero attached hydrogens (tertiary/aromatic N) is 2. The van der Waals surface area contributed by atoms with E-state index in [1.54, 1.807) is 0 Å². The molecule has 2 aromatic rings. The molecule has 0 aliphatic heterocycles. The van der Waals surface area contributed by atoms with Gasteiger partial charge in [-0.05, 0) is 31.4 Å². The van der Waals surface area contributed by atoms with Gasteiger partial charge in [0.2, 0.25) is 0 Å². The molecule has 1 aromatic carbocycles. The Morgan fingerprint density at radius 2 is 2.00 bits per heavy atom. The van der Waals surface area contributed by atoms with E-state index in [-0.39, 0.29) is 6.04 Å². The van der Waals surface area contributed by atoms with Gasteiger partial charge in [0.05, 0.1) is 6.04 Å². The smallest absolute Gasteiger partial charge is 0.137 e. The van der Waals surface area contributed by atoms with Crippen LogP contribution in [0.2, 0.25) is 5.15 Å². The highest BCUT2D eigenvalue weighted by atomic mass is 35.5. The van der Waals surface area contributed by atoms with Crippen LogP contribution in [0.25, 0.3) is 0 Å². The lowest BCUT2D eigenvalue weighted by Gasteiger charge is -2.19. The van der Waals surface area contributed by atoms with Crippen LogP contribution in [0.4, 0.5) is 5.82 Å². The van der Waals surface area contributed by atoms with Crippen molar-refractivity contribution >= 4 is 17.4 Å². The number of rotatable bonds is 4. The van der Waals surface area contributed by atoms with Crippen molar-refractivity contribution in [2.45, 2.75) is 33.2 Å². The molecule has 4 heteroatoms. The summed E-state index contributed by atoms with van der Waals surface area (Å²) in [5.41, 5.74) is 3.49. The molecule has 0 saturated heterocycles. The Bertz CT molecular complexity index is 569. The first-order valence-electron chi connectivity index (χ1n) is 6.45. The van der Waals surface area contributed by atoms with Crippen LogP contribution in [0, 0.1) is 6.92 Å². The van der Waals surface area contributed by atoms with Gasteiger partial charge in [-0.15, -0.1) is 0 Å². The van der Waals surface area contributed by atoms with Crippen molar-refractivity contribution in [2.75, 3.05) is 5.32 Å². The molecular weight excluding hydrogens is 258 g/mol. The zero-order valence-electron chi connectivity index (χ0n) is 11.4. The summed E-state index contributed by atoms with van der Waals surface area (Å²) in [4.78, 5) is 8.32. The van der Waals surface area contributed by atoms with Gasteiger partial charge in [-0.1, -0.05) is 42.8 Å². The van der Waals surface area contributed by atoms with E-state index >= 15 is 0 Å². The van der Waals surface area contributed by atoms with Crippen molar-refractivity contribution in [1.29, 1.82) is 0 Å². The number of benzene rings is 1. The Morgan fingerprint density at radius 1 is 1.26 bits per heavy atom. The minimum absolute atomic E-state index is 0.178. The fraction of sp³-hybridized carbons (Fsp3) is 0.333. The van der Waals surface area contributed by atoms with Crippen LogP contribution in [-0.4, -0.2) is 9.97 Å². The van der Waals surface area contributed by atoms with E-state index in [2.05, 4.69) is 41.3 Å². The first kappa shape index (κ1) is 13.8. The highest BCUT2D eigenvalue weighted by Gasteiger charge is 2.12. The summed E-state index contributed by atoms with van der Waals surface area (Å²) in [5.74, 6) is 0.818. The minimum atomic E-state index is 0.178. The molecule has 0 fully saturated rings. The van der Waals surface area contributed by atoms with E-state index < -0.39 is 0 Å².